The van der Waals surface area contributed by atoms with Crippen molar-refractivity contribution in [3.05, 3.63) is 28.3 Å². The van der Waals surface area contributed by atoms with Crippen LogP contribution in [0.15, 0.2) is 12.1 Å². The second-order valence-corrected chi connectivity index (χ2v) is 3.18. The Morgan fingerprint density at radius 1 is 1.50 bits per heavy atom. The lowest BCUT2D eigenvalue weighted by molar-refractivity contribution is 0.471. The first-order chi connectivity index (χ1) is 5.65. The largest absolute Gasteiger partial charge is 0.506 e. The van der Waals surface area contributed by atoms with Crippen LogP contribution in [-0.2, 0) is 6.54 Å². The van der Waals surface area contributed by atoms with E-state index < -0.39 is 0 Å². The molecule has 0 unspecified atom stereocenters. The van der Waals surface area contributed by atoms with Gasteiger partial charge in [-0.1, -0.05) is 17.7 Å². The third-order valence-electron chi connectivity index (χ3n) is 1.69. The van der Waals surface area contributed by atoms with Gasteiger partial charge in [0.2, 0.25) is 0 Å². The first-order valence-electron chi connectivity index (χ1n) is 3.77. The smallest absolute Gasteiger partial charge is 0.137 e. The summed E-state index contributed by atoms with van der Waals surface area (Å²) in [5.74, 6) is 0.177. The van der Waals surface area contributed by atoms with E-state index in [1.807, 2.05) is 20.0 Å². The fraction of sp³-hybridized carbons (Fsp3) is 0.333. The number of benzene rings is 1. The topological polar surface area (TPSA) is 32.3 Å². The van der Waals surface area contributed by atoms with E-state index >= 15 is 0 Å². The van der Waals surface area contributed by atoms with Crippen LogP contribution < -0.4 is 5.32 Å². The average molecular weight is 186 g/mol. The van der Waals surface area contributed by atoms with Crippen LogP contribution >= 0.6 is 11.6 Å². The lowest BCUT2D eigenvalue weighted by atomic mass is 10.1. The van der Waals surface area contributed by atoms with Crippen molar-refractivity contribution in [1.29, 1.82) is 0 Å². The highest BCUT2D eigenvalue weighted by Crippen LogP contribution is 2.28. The lowest BCUT2D eigenvalue weighted by Crippen LogP contribution is -2.05. The van der Waals surface area contributed by atoms with E-state index in [4.69, 9.17) is 11.6 Å². The summed E-state index contributed by atoms with van der Waals surface area (Å²) in [4.78, 5) is 0. The molecule has 0 fully saturated rings. The van der Waals surface area contributed by atoms with Gasteiger partial charge in [0.25, 0.3) is 0 Å². The Kier molecular flexibility index (Phi) is 2.95. The first kappa shape index (κ1) is 9.36. The molecule has 0 aliphatic heterocycles. The van der Waals surface area contributed by atoms with E-state index in [1.54, 1.807) is 6.07 Å². The molecule has 0 saturated carbocycles. The zero-order chi connectivity index (χ0) is 9.14. The molecule has 1 rings (SSSR count). The summed E-state index contributed by atoms with van der Waals surface area (Å²) in [6.07, 6.45) is 0. The van der Waals surface area contributed by atoms with Crippen molar-refractivity contribution in [2.24, 2.45) is 0 Å². The molecule has 66 valence electrons. The summed E-state index contributed by atoms with van der Waals surface area (Å²) in [5, 5.41) is 12.8. The Hall–Kier alpha value is -0.730. The Morgan fingerprint density at radius 2 is 2.17 bits per heavy atom. The maximum atomic E-state index is 9.35. The fourth-order valence-electron chi connectivity index (χ4n) is 1.11. The molecule has 2 N–H and O–H groups in total. The number of phenols is 1. The summed E-state index contributed by atoms with van der Waals surface area (Å²) in [6, 6.07) is 3.68. The van der Waals surface area contributed by atoms with Gasteiger partial charge in [-0.15, -0.1) is 0 Å². The molecular weight excluding hydrogens is 174 g/mol. The third kappa shape index (κ3) is 1.90. The molecule has 0 aliphatic rings. The van der Waals surface area contributed by atoms with Crippen LogP contribution in [0.2, 0.25) is 5.02 Å². The van der Waals surface area contributed by atoms with Crippen LogP contribution in [0.4, 0.5) is 0 Å². The second-order valence-electron chi connectivity index (χ2n) is 2.77. The van der Waals surface area contributed by atoms with Crippen LogP contribution in [0.1, 0.15) is 11.1 Å². The van der Waals surface area contributed by atoms with E-state index in [-0.39, 0.29) is 5.75 Å². The molecule has 0 radical (unpaired) electrons. The third-order valence-corrected chi connectivity index (χ3v) is 1.98. The van der Waals surface area contributed by atoms with Crippen molar-refractivity contribution in [3.8, 4) is 5.75 Å². The van der Waals surface area contributed by atoms with Crippen molar-refractivity contribution < 1.29 is 5.11 Å². The van der Waals surface area contributed by atoms with Crippen LogP contribution in [0.5, 0.6) is 5.75 Å². The van der Waals surface area contributed by atoms with Crippen LogP contribution in [0, 0.1) is 6.92 Å². The maximum absolute atomic E-state index is 9.35. The number of halogens is 1. The monoisotopic (exact) mass is 185 g/mol. The van der Waals surface area contributed by atoms with Crippen LogP contribution in [-0.4, -0.2) is 12.2 Å². The average Bonchev–Trinajstić information content (AvgIpc) is 2.01. The van der Waals surface area contributed by atoms with Crippen LogP contribution in [0.25, 0.3) is 0 Å². The highest BCUT2D eigenvalue weighted by molar-refractivity contribution is 6.32. The molecule has 3 heteroatoms. The van der Waals surface area contributed by atoms with E-state index in [1.165, 1.54) is 0 Å². The van der Waals surface area contributed by atoms with E-state index in [0.29, 0.717) is 5.02 Å². The molecular formula is C9H12ClNO. The summed E-state index contributed by atoms with van der Waals surface area (Å²) in [5.41, 5.74) is 1.89. The van der Waals surface area contributed by atoms with Gasteiger partial charge in [0, 0.05) is 6.54 Å². The minimum Gasteiger partial charge on any atom is -0.506 e. The van der Waals surface area contributed by atoms with Gasteiger partial charge < -0.3 is 10.4 Å². The quantitative estimate of drug-likeness (QED) is 0.740. The molecule has 0 saturated heterocycles. The van der Waals surface area contributed by atoms with Crippen LogP contribution in [0.3, 0.4) is 0 Å². The minimum absolute atomic E-state index is 0.177. The van der Waals surface area contributed by atoms with Crippen molar-refractivity contribution in [2.45, 2.75) is 13.5 Å². The molecule has 0 spiro atoms. The molecule has 0 aromatic heterocycles. The highest BCUT2D eigenvalue weighted by atomic mass is 35.5. The maximum Gasteiger partial charge on any atom is 0.137 e. The number of rotatable bonds is 2. The first-order valence-corrected chi connectivity index (χ1v) is 4.15. The van der Waals surface area contributed by atoms with Crippen molar-refractivity contribution in [3.63, 3.8) is 0 Å². The minimum atomic E-state index is 0.177. The molecule has 0 bridgehead atoms. The van der Waals surface area contributed by atoms with Gasteiger partial charge in [-0.05, 0) is 31.2 Å². The SMILES string of the molecule is CNCc1cc(C)c(O)c(Cl)c1. The van der Waals surface area contributed by atoms with Crippen molar-refractivity contribution >= 4 is 11.6 Å². The molecule has 12 heavy (non-hydrogen) atoms. The molecule has 2 nitrogen and oxygen atoms in total. The Bertz CT molecular complexity index is 263. The number of nitrogens with one attached hydrogen (secondary N) is 1. The molecule has 1 aromatic rings. The van der Waals surface area contributed by atoms with Crippen molar-refractivity contribution in [1.82, 2.24) is 5.32 Å². The molecule has 0 heterocycles. The predicted molar refractivity (Wildman–Crippen MR) is 50.6 cm³/mol. The molecule has 0 amide bonds. The zero-order valence-electron chi connectivity index (χ0n) is 7.19. The summed E-state index contributed by atoms with van der Waals surface area (Å²) < 4.78 is 0. The van der Waals surface area contributed by atoms with Crippen molar-refractivity contribution in [2.75, 3.05) is 7.05 Å². The summed E-state index contributed by atoms with van der Waals surface area (Å²) in [7, 11) is 1.87. The molecule has 0 aliphatic carbocycles. The Labute approximate surface area is 77.2 Å². The Balaban J connectivity index is 3.04. The molecule has 0 atom stereocenters. The standard InChI is InChI=1S/C9H12ClNO/c1-6-3-7(5-11-2)4-8(10)9(6)12/h3-4,11-12H,5H2,1-2H3. The second kappa shape index (κ2) is 3.78. The lowest BCUT2D eigenvalue weighted by Gasteiger charge is -2.05. The van der Waals surface area contributed by atoms with Gasteiger partial charge >= 0.3 is 0 Å². The number of aryl methyl sites for hydroxylation is 1. The van der Waals surface area contributed by atoms with E-state index in [2.05, 4.69) is 5.32 Å². The van der Waals surface area contributed by atoms with E-state index in [0.717, 1.165) is 17.7 Å². The number of hydrogen-bond donors (Lipinski definition) is 2. The van der Waals surface area contributed by atoms with E-state index in [9.17, 15) is 5.11 Å². The zero-order valence-corrected chi connectivity index (χ0v) is 7.94. The van der Waals surface area contributed by atoms with Gasteiger partial charge in [0.15, 0.2) is 0 Å². The van der Waals surface area contributed by atoms with Gasteiger partial charge in [0.1, 0.15) is 5.75 Å². The fourth-order valence-corrected chi connectivity index (χ4v) is 1.40. The predicted octanol–water partition coefficient (Wildman–Crippen LogP) is 2.07. The van der Waals surface area contributed by atoms with Gasteiger partial charge in [-0.25, -0.2) is 0 Å². The summed E-state index contributed by atoms with van der Waals surface area (Å²) >= 11 is 5.78. The normalized spacial score (nSPS) is 10.2. The number of phenolic OH excluding ortho intramolecular Hbond substituents is 1. The van der Waals surface area contributed by atoms with Gasteiger partial charge in [0.05, 0.1) is 5.02 Å². The van der Waals surface area contributed by atoms with Gasteiger partial charge in [-0.2, -0.15) is 0 Å². The molecule has 1 aromatic carbocycles. The van der Waals surface area contributed by atoms with Gasteiger partial charge in [-0.3, -0.25) is 0 Å². The summed E-state index contributed by atoms with van der Waals surface area (Å²) in [6.45, 7) is 2.60. The highest BCUT2D eigenvalue weighted by Gasteiger charge is 2.03. The number of aromatic hydroxyl groups is 1. The number of hydrogen-bond acceptors (Lipinski definition) is 2. The Morgan fingerprint density at radius 3 is 2.67 bits per heavy atom.